The van der Waals surface area contributed by atoms with Crippen molar-refractivity contribution in [3.05, 3.63) is 92.3 Å². The summed E-state index contributed by atoms with van der Waals surface area (Å²) in [5.74, 6) is 0.230. The number of unbranched alkanes of at least 4 members (excludes halogenated alkanes) is 3. The number of halogens is 1. The number of nitrogens with zero attached hydrogens (tertiary/aromatic N) is 4. The number of aliphatic imine (C=N–C) groups is 1. The molecule has 6 rings (SSSR count). The zero-order valence-electron chi connectivity index (χ0n) is 30.2. The number of hydrogen-bond acceptors (Lipinski definition) is 9. The number of nitrogens with one attached hydrogen (secondary N) is 2. The number of ketones is 2. The molecule has 13 heteroatoms. The van der Waals surface area contributed by atoms with Crippen LogP contribution >= 0.6 is 22.9 Å². The summed E-state index contributed by atoms with van der Waals surface area (Å²) in [6.07, 6.45) is 5.02. The summed E-state index contributed by atoms with van der Waals surface area (Å²) in [4.78, 5) is 68.1. The zero-order valence-corrected chi connectivity index (χ0v) is 31.7. The third-order valence-corrected chi connectivity index (χ3v) is 11.3. The normalized spacial score (nSPS) is 16.6. The Labute approximate surface area is 317 Å². The van der Waals surface area contributed by atoms with Crippen LogP contribution in [-0.4, -0.2) is 49.8 Å². The lowest BCUT2D eigenvalue weighted by Gasteiger charge is -2.19. The number of Topliss-reactive ketones (excluding diaryl/α,β-unsaturated/α-hetero) is 2. The zero-order chi connectivity index (χ0) is 37.6. The molecule has 1 fully saturated rings. The van der Waals surface area contributed by atoms with Gasteiger partial charge in [-0.1, -0.05) is 48.7 Å². The lowest BCUT2D eigenvalue weighted by molar-refractivity contribution is -0.138. The van der Waals surface area contributed by atoms with E-state index in [0.717, 1.165) is 58.1 Å². The van der Waals surface area contributed by atoms with Gasteiger partial charge < -0.3 is 5.32 Å². The fraction of sp³-hybridized carbons (Fsp3) is 0.400. The molecular formula is C40H43ClN6O5S. The summed E-state index contributed by atoms with van der Waals surface area (Å²) in [6, 6.07) is 14.3. The highest BCUT2D eigenvalue weighted by atomic mass is 35.5. The van der Waals surface area contributed by atoms with Crippen LogP contribution in [-0.2, 0) is 30.4 Å². The average Bonchev–Trinajstić information content (AvgIpc) is 3.60. The molecule has 2 aromatic carbocycles. The summed E-state index contributed by atoms with van der Waals surface area (Å²) in [6.45, 7) is 6.12. The highest BCUT2D eigenvalue weighted by Gasteiger charge is 2.32. The molecule has 1 unspecified atom stereocenters. The van der Waals surface area contributed by atoms with Crippen LogP contribution in [0.3, 0.4) is 0 Å². The van der Waals surface area contributed by atoms with Crippen molar-refractivity contribution in [2.45, 2.75) is 97.4 Å². The van der Waals surface area contributed by atoms with Gasteiger partial charge >= 0.3 is 0 Å². The van der Waals surface area contributed by atoms with Gasteiger partial charge in [-0.15, -0.1) is 21.5 Å². The molecular weight excluding hydrogens is 712 g/mol. The molecule has 4 heterocycles. The Kier molecular flexibility index (Phi) is 12.1. The minimum Gasteiger partial charge on any atom is -0.326 e. The van der Waals surface area contributed by atoms with E-state index in [1.807, 2.05) is 31.2 Å². The van der Waals surface area contributed by atoms with Gasteiger partial charge in [-0.2, -0.15) is 0 Å². The van der Waals surface area contributed by atoms with E-state index in [4.69, 9.17) is 16.6 Å². The number of carbonyl (C=O) groups excluding carboxylic acids is 5. The third-order valence-electron chi connectivity index (χ3n) is 9.85. The second-order valence-corrected chi connectivity index (χ2v) is 15.5. The van der Waals surface area contributed by atoms with Gasteiger partial charge in [-0.25, -0.2) is 0 Å². The molecule has 3 amide bonds. The predicted octanol–water partition coefficient (Wildman–Crippen LogP) is 7.29. The van der Waals surface area contributed by atoms with Gasteiger partial charge in [0.1, 0.15) is 28.4 Å². The van der Waals surface area contributed by atoms with Crippen LogP contribution in [0.5, 0.6) is 0 Å². The fourth-order valence-electron chi connectivity index (χ4n) is 6.85. The molecule has 2 aromatic heterocycles. The number of fused-ring (bicyclic) bond motifs is 3. The summed E-state index contributed by atoms with van der Waals surface area (Å²) >= 11 is 7.90. The summed E-state index contributed by atoms with van der Waals surface area (Å²) in [5, 5.41) is 15.7. The molecule has 276 valence electrons. The summed E-state index contributed by atoms with van der Waals surface area (Å²) in [5.41, 5.74) is 5.37. The first-order valence-corrected chi connectivity index (χ1v) is 19.3. The minimum absolute atomic E-state index is 0.0685. The molecule has 2 atom stereocenters. The van der Waals surface area contributed by atoms with Gasteiger partial charge in [0.25, 0.3) is 0 Å². The maximum Gasteiger partial charge on any atom is 0.230 e. The fourth-order valence-corrected chi connectivity index (χ4v) is 8.19. The molecule has 0 saturated carbocycles. The molecule has 0 radical (unpaired) electrons. The predicted molar refractivity (Wildman–Crippen MR) is 205 cm³/mol. The Morgan fingerprint density at radius 1 is 0.906 bits per heavy atom. The highest BCUT2D eigenvalue weighted by Crippen LogP contribution is 2.40. The lowest BCUT2D eigenvalue weighted by Crippen LogP contribution is -2.41. The first-order chi connectivity index (χ1) is 25.5. The monoisotopic (exact) mass is 754 g/mol. The van der Waals surface area contributed by atoms with E-state index in [1.54, 1.807) is 35.6 Å². The molecule has 4 aromatic rings. The van der Waals surface area contributed by atoms with Crippen LogP contribution in [0.25, 0.3) is 5.00 Å². The van der Waals surface area contributed by atoms with Crippen molar-refractivity contribution in [3.8, 4) is 5.00 Å². The van der Waals surface area contributed by atoms with Crippen LogP contribution in [0.1, 0.15) is 109 Å². The van der Waals surface area contributed by atoms with E-state index < -0.39 is 12.0 Å². The van der Waals surface area contributed by atoms with Gasteiger partial charge in [0.15, 0.2) is 5.82 Å². The number of piperidine rings is 1. The highest BCUT2D eigenvalue weighted by molar-refractivity contribution is 7.15. The van der Waals surface area contributed by atoms with Crippen molar-refractivity contribution in [2.75, 3.05) is 5.32 Å². The number of carbonyl (C=O) groups is 5. The number of rotatable bonds is 15. The van der Waals surface area contributed by atoms with Gasteiger partial charge in [-0.3, -0.25) is 38.8 Å². The second-order valence-electron chi connectivity index (χ2n) is 13.9. The van der Waals surface area contributed by atoms with Crippen LogP contribution in [0.4, 0.5) is 5.69 Å². The summed E-state index contributed by atoms with van der Waals surface area (Å²) < 4.78 is 2.05. The first kappa shape index (κ1) is 37.9. The molecule has 11 nitrogen and oxygen atoms in total. The number of anilines is 1. The maximum absolute atomic E-state index is 13.3. The molecule has 0 aliphatic carbocycles. The minimum atomic E-state index is -0.482. The molecule has 0 bridgehead atoms. The smallest absolute Gasteiger partial charge is 0.230 e. The largest absolute Gasteiger partial charge is 0.326 e. The van der Waals surface area contributed by atoms with Crippen molar-refractivity contribution in [2.24, 2.45) is 10.9 Å². The number of aromatic nitrogens is 3. The van der Waals surface area contributed by atoms with E-state index in [1.165, 1.54) is 4.88 Å². The lowest BCUT2D eigenvalue weighted by atomic mass is 9.91. The van der Waals surface area contributed by atoms with E-state index in [9.17, 15) is 24.0 Å². The van der Waals surface area contributed by atoms with Crippen molar-refractivity contribution < 1.29 is 24.0 Å². The Morgan fingerprint density at radius 2 is 1.62 bits per heavy atom. The number of imide groups is 1. The number of amides is 3. The van der Waals surface area contributed by atoms with E-state index >= 15 is 0 Å². The van der Waals surface area contributed by atoms with Gasteiger partial charge in [0.2, 0.25) is 17.7 Å². The van der Waals surface area contributed by atoms with Gasteiger partial charge in [-0.05, 0) is 75.4 Å². The third kappa shape index (κ3) is 9.23. The Balaban J connectivity index is 0.955. The van der Waals surface area contributed by atoms with Crippen LogP contribution in [0.15, 0.2) is 53.5 Å². The molecule has 2 aliphatic rings. The average molecular weight is 755 g/mol. The van der Waals surface area contributed by atoms with E-state index in [2.05, 4.69) is 39.2 Å². The van der Waals surface area contributed by atoms with Crippen molar-refractivity contribution in [1.82, 2.24) is 20.1 Å². The number of aryl methyl sites for hydroxylation is 2. The van der Waals surface area contributed by atoms with Crippen molar-refractivity contribution >= 4 is 63.6 Å². The van der Waals surface area contributed by atoms with Gasteiger partial charge in [0, 0.05) is 71.2 Å². The van der Waals surface area contributed by atoms with E-state index in [0.29, 0.717) is 42.2 Å². The number of benzene rings is 2. The van der Waals surface area contributed by atoms with Gasteiger partial charge in [0.05, 0.1) is 5.71 Å². The topological polar surface area (TPSA) is 152 Å². The SMILES string of the molecule is Cc1sc2c(c1C)C(c1ccc(Cl)cc1)=N[C@@H](CC(=O)CCCCCCC(=O)Nc1ccc(CC(=O)CC3CCC(=O)NC3=O)cc1)c1nnc(C)n1-2. The maximum atomic E-state index is 13.3. The molecule has 1 saturated heterocycles. The summed E-state index contributed by atoms with van der Waals surface area (Å²) in [7, 11) is 0. The standard InChI is InChI=1S/C40H43ClN6O5S/c1-23-24(2)53-40-36(23)37(27-12-15-29(41)16-13-27)43-33(38-46-45-25(3)47(38)40)22-31(48)8-6-4-5-7-9-34(50)42-30-17-10-26(11-18-30)20-32(49)21-28-14-19-35(51)44-39(28)52/h10-13,15-18,28,33H,4-9,14,19-22H2,1-3H3,(H,42,50)(H,44,51,52)/t28?,33-/m0/s1. The second kappa shape index (κ2) is 16.9. The van der Waals surface area contributed by atoms with Crippen molar-refractivity contribution in [3.63, 3.8) is 0 Å². The first-order valence-electron chi connectivity index (χ1n) is 18.1. The van der Waals surface area contributed by atoms with E-state index in [-0.39, 0.29) is 55.0 Å². The molecule has 0 spiro atoms. The quantitative estimate of drug-likeness (QED) is 0.0955. The molecule has 53 heavy (non-hydrogen) atoms. The van der Waals surface area contributed by atoms with Crippen molar-refractivity contribution in [1.29, 1.82) is 0 Å². The van der Waals surface area contributed by atoms with Crippen LogP contribution in [0, 0.1) is 26.7 Å². The molecule has 2 aliphatic heterocycles. The Morgan fingerprint density at radius 3 is 2.34 bits per heavy atom. The van der Waals surface area contributed by atoms with Crippen LogP contribution < -0.4 is 10.6 Å². The Bertz CT molecular complexity index is 2070. The Hall–Kier alpha value is -4.81. The van der Waals surface area contributed by atoms with Crippen LogP contribution in [0.2, 0.25) is 5.02 Å². The molecule has 2 N–H and O–H groups in total. The number of hydrogen-bond donors (Lipinski definition) is 2. The number of thiophene rings is 1.